The van der Waals surface area contributed by atoms with Crippen LogP contribution in [0.4, 0.5) is 19.0 Å². The Balaban J connectivity index is 2.98. The van der Waals surface area contributed by atoms with Gasteiger partial charge in [0.2, 0.25) is 0 Å². The van der Waals surface area contributed by atoms with Gasteiger partial charge in [-0.15, -0.1) is 0 Å². The van der Waals surface area contributed by atoms with Gasteiger partial charge in [-0.1, -0.05) is 5.16 Å². The van der Waals surface area contributed by atoms with E-state index in [9.17, 15) is 13.2 Å². The van der Waals surface area contributed by atoms with Gasteiger partial charge in [-0.25, -0.2) is 4.98 Å². The molecule has 3 N–H and O–H groups in total. The van der Waals surface area contributed by atoms with E-state index < -0.39 is 11.7 Å². The van der Waals surface area contributed by atoms with Gasteiger partial charge >= 0.3 is 6.18 Å². The smallest absolute Gasteiger partial charge is 0.409 e. The van der Waals surface area contributed by atoms with Crippen molar-refractivity contribution in [1.82, 2.24) is 4.98 Å². The van der Waals surface area contributed by atoms with Crippen LogP contribution in [0.3, 0.4) is 0 Å². The standard InChI is InChI=1S/C12H17F3N4O/c1-8(2)19(6-4-10(16)18-20)11-7-9(3-5-17-11)12(13,14)15/h3,5,7-8,20H,4,6H2,1-2H3,(H2,16,18). The number of anilines is 1. The maximum atomic E-state index is 12.7. The Morgan fingerprint density at radius 2 is 2.15 bits per heavy atom. The molecular formula is C12H17F3N4O. The predicted octanol–water partition coefficient (Wildman–Crippen LogP) is 2.45. The second-order valence-corrected chi connectivity index (χ2v) is 4.53. The normalized spacial score (nSPS) is 12.8. The summed E-state index contributed by atoms with van der Waals surface area (Å²) in [4.78, 5) is 5.62. The molecule has 1 heterocycles. The predicted molar refractivity (Wildman–Crippen MR) is 69.7 cm³/mol. The molecule has 0 bridgehead atoms. The van der Waals surface area contributed by atoms with Crippen LogP contribution in [-0.2, 0) is 6.18 Å². The SMILES string of the molecule is CC(C)N(CCC(N)=NO)c1cc(C(F)(F)F)ccn1. The number of rotatable bonds is 5. The molecule has 0 amide bonds. The molecule has 112 valence electrons. The van der Waals surface area contributed by atoms with Crippen LogP contribution in [0, 0.1) is 0 Å². The van der Waals surface area contributed by atoms with Crippen LogP contribution in [0.1, 0.15) is 25.8 Å². The molecule has 0 spiro atoms. The van der Waals surface area contributed by atoms with Crippen LogP contribution in [0.15, 0.2) is 23.5 Å². The zero-order chi connectivity index (χ0) is 15.3. The quantitative estimate of drug-likeness (QED) is 0.378. The van der Waals surface area contributed by atoms with E-state index in [2.05, 4.69) is 10.1 Å². The molecule has 0 aromatic carbocycles. The summed E-state index contributed by atoms with van der Waals surface area (Å²) in [7, 11) is 0. The summed E-state index contributed by atoms with van der Waals surface area (Å²) in [5.74, 6) is 0.225. The molecule has 0 fully saturated rings. The number of nitrogens with two attached hydrogens (primary N) is 1. The number of hydrogen-bond donors (Lipinski definition) is 2. The van der Waals surface area contributed by atoms with Crippen molar-refractivity contribution in [2.45, 2.75) is 32.5 Å². The van der Waals surface area contributed by atoms with Gasteiger partial charge in [-0.3, -0.25) is 0 Å². The summed E-state index contributed by atoms with van der Waals surface area (Å²) in [6.45, 7) is 3.96. The average Bonchev–Trinajstić information content (AvgIpc) is 2.37. The monoisotopic (exact) mass is 290 g/mol. The van der Waals surface area contributed by atoms with Crippen molar-refractivity contribution in [2.75, 3.05) is 11.4 Å². The second kappa shape index (κ2) is 6.44. The molecule has 0 atom stereocenters. The third-order valence-electron chi connectivity index (χ3n) is 2.73. The van der Waals surface area contributed by atoms with Crippen molar-refractivity contribution < 1.29 is 18.4 Å². The number of amidine groups is 1. The van der Waals surface area contributed by atoms with Crippen LogP contribution >= 0.6 is 0 Å². The van der Waals surface area contributed by atoms with Gasteiger partial charge in [-0.2, -0.15) is 13.2 Å². The average molecular weight is 290 g/mol. The number of aromatic nitrogens is 1. The van der Waals surface area contributed by atoms with Crippen molar-refractivity contribution in [3.63, 3.8) is 0 Å². The molecule has 0 saturated carbocycles. The van der Waals surface area contributed by atoms with E-state index in [0.29, 0.717) is 6.54 Å². The van der Waals surface area contributed by atoms with Crippen molar-refractivity contribution >= 4 is 11.7 Å². The van der Waals surface area contributed by atoms with Crippen molar-refractivity contribution in [3.8, 4) is 0 Å². The lowest BCUT2D eigenvalue weighted by Gasteiger charge is -2.28. The fraction of sp³-hybridized carbons (Fsp3) is 0.500. The summed E-state index contributed by atoms with van der Waals surface area (Å²) < 4.78 is 38.0. The highest BCUT2D eigenvalue weighted by atomic mass is 19.4. The molecule has 0 radical (unpaired) electrons. The van der Waals surface area contributed by atoms with Crippen molar-refractivity contribution in [1.29, 1.82) is 0 Å². The maximum Gasteiger partial charge on any atom is 0.416 e. The van der Waals surface area contributed by atoms with Gasteiger partial charge in [0.1, 0.15) is 11.7 Å². The Morgan fingerprint density at radius 3 is 2.65 bits per heavy atom. The number of hydrogen-bond acceptors (Lipinski definition) is 4. The fourth-order valence-electron chi connectivity index (χ4n) is 1.67. The minimum absolute atomic E-state index is 0.0163. The third-order valence-corrected chi connectivity index (χ3v) is 2.73. The maximum absolute atomic E-state index is 12.7. The Kier molecular flexibility index (Phi) is 5.18. The molecule has 0 aliphatic rings. The first kappa shape index (κ1) is 16.1. The Bertz CT molecular complexity index is 474. The topological polar surface area (TPSA) is 74.7 Å². The molecule has 0 unspecified atom stereocenters. The van der Waals surface area contributed by atoms with Crippen LogP contribution < -0.4 is 10.6 Å². The minimum atomic E-state index is -4.41. The van der Waals surface area contributed by atoms with E-state index >= 15 is 0 Å². The van der Waals surface area contributed by atoms with Crippen LogP contribution in [-0.4, -0.2) is 28.6 Å². The number of nitrogens with zero attached hydrogens (tertiary/aromatic N) is 3. The highest BCUT2D eigenvalue weighted by molar-refractivity contribution is 5.80. The molecule has 5 nitrogen and oxygen atoms in total. The van der Waals surface area contributed by atoms with Gasteiger partial charge in [0.25, 0.3) is 0 Å². The van der Waals surface area contributed by atoms with E-state index in [1.165, 1.54) is 0 Å². The first-order valence-electron chi connectivity index (χ1n) is 6.02. The lowest BCUT2D eigenvalue weighted by atomic mass is 10.2. The van der Waals surface area contributed by atoms with E-state index in [0.717, 1.165) is 18.3 Å². The summed E-state index contributed by atoms with van der Waals surface area (Å²) in [5, 5.41) is 11.3. The number of pyridine rings is 1. The molecule has 8 heteroatoms. The molecule has 1 aromatic heterocycles. The second-order valence-electron chi connectivity index (χ2n) is 4.53. The number of halogens is 3. The van der Waals surface area contributed by atoms with E-state index in [-0.39, 0.29) is 24.1 Å². The zero-order valence-electron chi connectivity index (χ0n) is 11.2. The third kappa shape index (κ3) is 4.29. The van der Waals surface area contributed by atoms with Gasteiger partial charge in [0, 0.05) is 25.2 Å². The van der Waals surface area contributed by atoms with Crippen LogP contribution in [0.5, 0.6) is 0 Å². The minimum Gasteiger partial charge on any atom is -0.409 e. The summed E-state index contributed by atoms with van der Waals surface area (Å²) >= 11 is 0. The molecule has 1 rings (SSSR count). The molecule has 0 saturated heterocycles. The van der Waals surface area contributed by atoms with Gasteiger partial charge in [0.15, 0.2) is 0 Å². The zero-order valence-corrected chi connectivity index (χ0v) is 11.2. The van der Waals surface area contributed by atoms with Crippen molar-refractivity contribution in [2.24, 2.45) is 10.9 Å². The number of alkyl halides is 3. The van der Waals surface area contributed by atoms with Crippen molar-refractivity contribution in [3.05, 3.63) is 23.9 Å². The highest BCUT2D eigenvalue weighted by Crippen LogP contribution is 2.31. The van der Waals surface area contributed by atoms with E-state index in [1.54, 1.807) is 4.90 Å². The lowest BCUT2D eigenvalue weighted by molar-refractivity contribution is -0.137. The Morgan fingerprint density at radius 1 is 1.50 bits per heavy atom. The largest absolute Gasteiger partial charge is 0.416 e. The summed E-state index contributed by atoms with van der Waals surface area (Å²) in [6.07, 6.45) is -3.06. The van der Waals surface area contributed by atoms with E-state index in [4.69, 9.17) is 10.9 Å². The first-order valence-corrected chi connectivity index (χ1v) is 6.02. The van der Waals surface area contributed by atoms with Gasteiger partial charge in [-0.05, 0) is 26.0 Å². The fourth-order valence-corrected chi connectivity index (χ4v) is 1.67. The molecule has 1 aromatic rings. The summed E-state index contributed by atoms with van der Waals surface area (Å²) in [6, 6.07) is 1.84. The highest BCUT2D eigenvalue weighted by Gasteiger charge is 2.31. The number of oxime groups is 1. The Hall–Kier alpha value is -1.99. The Labute approximate surface area is 114 Å². The van der Waals surface area contributed by atoms with Crippen LogP contribution in [0.25, 0.3) is 0 Å². The van der Waals surface area contributed by atoms with Crippen LogP contribution in [0.2, 0.25) is 0 Å². The summed E-state index contributed by atoms with van der Waals surface area (Å²) in [5.41, 5.74) is 4.62. The molecule has 0 aliphatic carbocycles. The molecule has 20 heavy (non-hydrogen) atoms. The van der Waals surface area contributed by atoms with E-state index in [1.807, 2.05) is 13.8 Å². The van der Waals surface area contributed by atoms with Gasteiger partial charge in [0.05, 0.1) is 5.56 Å². The molecule has 0 aliphatic heterocycles. The molecular weight excluding hydrogens is 273 g/mol. The van der Waals surface area contributed by atoms with Gasteiger partial charge < -0.3 is 15.8 Å². The first-order chi connectivity index (χ1) is 9.25. The lowest BCUT2D eigenvalue weighted by Crippen LogP contribution is -2.34.